The zero-order valence-corrected chi connectivity index (χ0v) is 10.0. The van der Waals surface area contributed by atoms with E-state index in [0.29, 0.717) is 25.8 Å². The Morgan fingerprint density at radius 1 is 1.41 bits per heavy atom. The van der Waals surface area contributed by atoms with E-state index in [1.807, 2.05) is 0 Å². The van der Waals surface area contributed by atoms with Crippen LogP contribution < -0.4 is 4.72 Å². The Hall–Kier alpha value is -1.41. The number of carboxylic acid groups (broad SMARTS) is 1. The molecular weight excluding hydrogens is 246 g/mol. The van der Waals surface area contributed by atoms with Crippen molar-refractivity contribution in [2.75, 3.05) is 6.54 Å². The van der Waals surface area contributed by atoms with Gasteiger partial charge in [0.1, 0.15) is 0 Å². The summed E-state index contributed by atoms with van der Waals surface area (Å²) < 4.78 is 25.5. The average molecular weight is 261 g/mol. The SMILES string of the molecule is O=C(O)CCCCCNS(=O)(=O)c1cnc[nH]1. The van der Waals surface area contributed by atoms with Gasteiger partial charge in [0, 0.05) is 13.0 Å². The number of aliphatic carboxylic acids is 1. The van der Waals surface area contributed by atoms with Crippen LogP contribution in [0.5, 0.6) is 0 Å². The number of carbonyl (C=O) groups is 1. The maximum Gasteiger partial charge on any atom is 0.303 e. The van der Waals surface area contributed by atoms with Gasteiger partial charge in [0.05, 0.1) is 12.5 Å². The predicted molar refractivity (Wildman–Crippen MR) is 59.9 cm³/mol. The first-order valence-electron chi connectivity index (χ1n) is 5.22. The molecule has 0 saturated heterocycles. The van der Waals surface area contributed by atoms with Crippen LogP contribution in [-0.4, -0.2) is 36.0 Å². The van der Waals surface area contributed by atoms with E-state index >= 15 is 0 Å². The summed E-state index contributed by atoms with van der Waals surface area (Å²) >= 11 is 0. The van der Waals surface area contributed by atoms with Gasteiger partial charge in [0.15, 0.2) is 5.03 Å². The minimum atomic E-state index is -3.50. The number of imidazole rings is 1. The number of sulfonamides is 1. The number of rotatable bonds is 8. The highest BCUT2D eigenvalue weighted by Crippen LogP contribution is 2.03. The smallest absolute Gasteiger partial charge is 0.303 e. The van der Waals surface area contributed by atoms with Crippen LogP contribution in [0.4, 0.5) is 0 Å². The molecular formula is C9H15N3O4S. The van der Waals surface area contributed by atoms with E-state index < -0.39 is 16.0 Å². The zero-order valence-electron chi connectivity index (χ0n) is 9.22. The van der Waals surface area contributed by atoms with Gasteiger partial charge in [-0.25, -0.2) is 18.1 Å². The molecule has 0 bridgehead atoms. The highest BCUT2D eigenvalue weighted by atomic mass is 32.2. The first-order chi connectivity index (χ1) is 8.02. The van der Waals surface area contributed by atoms with Crippen molar-refractivity contribution in [3.63, 3.8) is 0 Å². The number of nitrogens with one attached hydrogen (secondary N) is 2. The van der Waals surface area contributed by atoms with Gasteiger partial charge in [-0.05, 0) is 12.8 Å². The number of unbranched alkanes of at least 4 members (excludes halogenated alkanes) is 2. The number of nitrogens with zero attached hydrogens (tertiary/aromatic N) is 1. The molecule has 1 heterocycles. The molecule has 0 atom stereocenters. The van der Waals surface area contributed by atoms with Gasteiger partial charge in [-0.1, -0.05) is 6.42 Å². The Balaban J connectivity index is 2.21. The first-order valence-corrected chi connectivity index (χ1v) is 6.70. The fourth-order valence-corrected chi connectivity index (χ4v) is 2.23. The third-order valence-corrected chi connectivity index (χ3v) is 3.51. The lowest BCUT2D eigenvalue weighted by molar-refractivity contribution is -0.137. The van der Waals surface area contributed by atoms with E-state index in [2.05, 4.69) is 14.7 Å². The number of H-pyrrole nitrogens is 1. The van der Waals surface area contributed by atoms with Crippen LogP contribution in [0, 0.1) is 0 Å². The van der Waals surface area contributed by atoms with Crippen LogP contribution in [0.3, 0.4) is 0 Å². The summed E-state index contributed by atoms with van der Waals surface area (Å²) in [6.07, 6.45) is 4.49. The average Bonchev–Trinajstić information content (AvgIpc) is 2.76. The van der Waals surface area contributed by atoms with Crippen LogP contribution in [0.15, 0.2) is 17.6 Å². The maximum atomic E-state index is 11.6. The van der Waals surface area contributed by atoms with Crippen LogP contribution in [0.2, 0.25) is 0 Å². The normalized spacial score (nSPS) is 11.5. The van der Waals surface area contributed by atoms with Crippen LogP contribution in [-0.2, 0) is 14.8 Å². The fraction of sp³-hybridized carbons (Fsp3) is 0.556. The molecule has 1 aromatic rings. The largest absolute Gasteiger partial charge is 0.481 e. The van der Waals surface area contributed by atoms with E-state index in [1.54, 1.807) is 0 Å². The van der Waals surface area contributed by atoms with Crippen molar-refractivity contribution in [3.05, 3.63) is 12.5 Å². The number of carboxylic acids is 1. The molecule has 8 heteroatoms. The third-order valence-electron chi connectivity index (χ3n) is 2.12. The summed E-state index contributed by atoms with van der Waals surface area (Å²) in [4.78, 5) is 16.4. The summed E-state index contributed by atoms with van der Waals surface area (Å²) in [6.45, 7) is 0.293. The summed E-state index contributed by atoms with van der Waals surface area (Å²) in [6, 6.07) is 0. The molecule has 0 unspecified atom stereocenters. The van der Waals surface area contributed by atoms with Crippen molar-refractivity contribution in [1.29, 1.82) is 0 Å². The van der Waals surface area contributed by atoms with Crippen molar-refractivity contribution >= 4 is 16.0 Å². The van der Waals surface area contributed by atoms with Crippen molar-refractivity contribution in [1.82, 2.24) is 14.7 Å². The van der Waals surface area contributed by atoms with Crippen LogP contribution >= 0.6 is 0 Å². The zero-order chi connectivity index (χ0) is 12.7. The summed E-state index contributed by atoms with van der Waals surface area (Å²) in [7, 11) is -3.50. The molecule has 0 aromatic carbocycles. The summed E-state index contributed by atoms with van der Waals surface area (Å²) in [5, 5.41) is 8.43. The molecule has 1 aromatic heterocycles. The van der Waals surface area contributed by atoms with Gasteiger partial charge in [-0.15, -0.1) is 0 Å². The molecule has 0 spiro atoms. The van der Waals surface area contributed by atoms with Crippen molar-refractivity contribution in [2.24, 2.45) is 0 Å². The Kier molecular flexibility index (Phi) is 5.11. The Morgan fingerprint density at radius 3 is 2.76 bits per heavy atom. The lowest BCUT2D eigenvalue weighted by Crippen LogP contribution is -2.25. The van der Waals surface area contributed by atoms with Crippen LogP contribution in [0.25, 0.3) is 0 Å². The highest BCUT2D eigenvalue weighted by Gasteiger charge is 2.13. The van der Waals surface area contributed by atoms with E-state index in [9.17, 15) is 13.2 Å². The standard InChI is InChI=1S/C9H15N3O4S/c13-9(14)4-2-1-3-5-12-17(15,16)8-6-10-7-11-8/h6-7,12H,1-5H2,(H,10,11)(H,13,14). The molecule has 0 aliphatic heterocycles. The van der Waals surface area contributed by atoms with Crippen molar-refractivity contribution in [2.45, 2.75) is 30.7 Å². The van der Waals surface area contributed by atoms with Gasteiger partial charge in [-0.3, -0.25) is 4.79 Å². The van der Waals surface area contributed by atoms with Crippen molar-refractivity contribution in [3.8, 4) is 0 Å². The monoisotopic (exact) mass is 261 g/mol. The van der Waals surface area contributed by atoms with Gasteiger partial charge < -0.3 is 10.1 Å². The van der Waals surface area contributed by atoms with E-state index in [-0.39, 0.29) is 11.4 Å². The van der Waals surface area contributed by atoms with Gasteiger partial charge in [0.25, 0.3) is 10.0 Å². The molecule has 3 N–H and O–H groups in total. The molecule has 0 radical (unpaired) electrons. The lowest BCUT2D eigenvalue weighted by Gasteiger charge is -2.03. The minimum Gasteiger partial charge on any atom is -0.481 e. The molecule has 96 valence electrons. The second-order valence-electron chi connectivity index (χ2n) is 3.52. The molecule has 0 saturated carbocycles. The first kappa shape index (κ1) is 13.7. The van der Waals surface area contributed by atoms with E-state index in [4.69, 9.17) is 5.11 Å². The second kappa shape index (κ2) is 6.36. The second-order valence-corrected chi connectivity index (χ2v) is 5.25. The Morgan fingerprint density at radius 2 is 2.18 bits per heavy atom. The highest BCUT2D eigenvalue weighted by molar-refractivity contribution is 7.89. The van der Waals surface area contributed by atoms with E-state index in [0.717, 1.165) is 0 Å². The van der Waals surface area contributed by atoms with Crippen molar-refractivity contribution < 1.29 is 18.3 Å². The van der Waals surface area contributed by atoms with Crippen LogP contribution in [0.1, 0.15) is 25.7 Å². The topological polar surface area (TPSA) is 112 Å². The predicted octanol–water partition coefficient (Wildman–Crippen LogP) is 0.333. The number of aromatic nitrogens is 2. The van der Waals surface area contributed by atoms with Gasteiger partial charge in [0.2, 0.25) is 0 Å². The summed E-state index contributed by atoms with van der Waals surface area (Å²) in [5.41, 5.74) is 0. The Labute approximate surface area is 99.3 Å². The lowest BCUT2D eigenvalue weighted by atomic mass is 10.2. The maximum absolute atomic E-state index is 11.6. The Bertz CT molecular complexity index is 441. The molecule has 0 fully saturated rings. The van der Waals surface area contributed by atoms with Gasteiger partial charge >= 0.3 is 5.97 Å². The van der Waals surface area contributed by atoms with Gasteiger partial charge in [-0.2, -0.15) is 0 Å². The summed E-state index contributed by atoms with van der Waals surface area (Å²) in [5.74, 6) is -0.831. The minimum absolute atomic E-state index is 0.0306. The molecule has 17 heavy (non-hydrogen) atoms. The molecule has 0 amide bonds. The third kappa shape index (κ3) is 4.96. The molecule has 0 aliphatic carbocycles. The molecule has 7 nitrogen and oxygen atoms in total. The molecule has 1 rings (SSSR count). The molecule has 0 aliphatic rings. The number of hydrogen-bond donors (Lipinski definition) is 3. The number of aromatic amines is 1. The number of hydrogen-bond acceptors (Lipinski definition) is 4. The van der Waals surface area contributed by atoms with E-state index in [1.165, 1.54) is 12.5 Å². The quantitative estimate of drug-likeness (QED) is 0.584. The fourth-order valence-electron chi connectivity index (χ4n) is 1.25.